The summed E-state index contributed by atoms with van der Waals surface area (Å²) in [5, 5.41) is 0. The highest BCUT2D eigenvalue weighted by atomic mass is 14.2. The average Bonchev–Trinajstić information content (AvgIpc) is 2.49. The lowest BCUT2D eigenvalue weighted by molar-refractivity contribution is 0.357. The summed E-state index contributed by atoms with van der Waals surface area (Å²) in [7, 11) is 0. The maximum absolute atomic E-state index is 2.38. The lowest BCUT2D eigenvalue weighted by Gasteiger charge is -2.21. The summed E-state index contributed by atoms with van der Waals surface area (Å²) in [6.07, 6.45) is 8.43. The first-order valence-electron chi connectivity index (χ1n) is 7.56. The van der Waals surface area contributed by atoms with Gasteiger partial charge in [-0.25, -0.2) is 0 Å². The van der Waals surface area contributed by atoms with Crippen molar-refractivity contribution in [1.82, 2.24) is 0 Å². The number of benzene rings is 2. The van der Waals surface area contributed by atoms with Gasteiger partial charge in [0.2, 0.25) is 0 Å². The second kappa shape index (κ2) is 6.06. The van der Waals surface area contributed by atoms with E-state index in [4.69, 9.17) is 0 Å². The predicted octanol–water partition coefficient (Wildman–Crippen LogP) is 5.48. The Hall–Kier alpha value is -1.56. The SMILES string of the molecule is c1ccc(-c2cccc(CC3CCCCC3)c2)cc1. The molecule has 0 amide bonds. The van der Waals surface area contributed by atoms with Gasteiger partial charge in [-0.1, -0.05) is 86.7 Å². The Bertz CT molecular complexity index is 507. The van der Waals surface area contributed by atoms with E-state index in [0.29, 0.717) is 0 Å². The Kier molecular flexibility index (Phi) is 3.98. The first kappa shape index (κ1) is 12.5. The molecular weight excluding hydrogens is 228 g/mol. The van der Waals surface area contributed by atoms with Crippen LogP contribution in [-0.2, 0) is 6.42 Å². The Morgan fingerprint density at radius 3 is 2.26 bits per heavy atom. The maximum atomic E-state index is 2.38. The van der Waals surface area contributed by atoms with Crippen LogP contribution in [0.5, 0.6) is 0 Å². The Morgan fingerprint density at radius 1 is 0.737 bits per heavy atom. The van der Waals surface area contributed by atoms with Crippen LogP contribution in [0.3, 0.4) is 0 Å². The van der Waals surface area contributed by atoms with Crippen LogP contribution in [0.25, 0.3) is 11.1 Å². The summed E-state index contributed by atoms with van der Waals surface area (Å²) in [5.41, 5.74) is 4.19. The minimum atomic E-state index is 0.916. The third-order valence-corrected chi connectivity index (χ3v) is 4.28. The van der Waals surface area contributed by atoms with Gasteiger partial charge in [0.25, 0.3) is 0 Å². The van der Waals surface area contributed by atoms with E-state index >= 15 is 0 Å². The van der Waals surface area contributed by atoms with E-state index in [1.807, 2.05) is 0 Å². The molecule has 0 N–H and O–H groups in total. The van der Waals surface area contributed by atoms with Gasteiger partial charge < -0.3 is 0 Å². The Labute approximate surface area is 116 Å². The molecule has 1 aliphatic carbocycles. The van der Waals surface area contributed by atoms with Crippen LogP contribution in [0.1, 0.15) is 37.7 Å². The molecule has 0 atom stereocenters. The lowest BCUT2D eigenvalue weighted by atomic mass is 9.84. The molecule has 98 valence electrons. The quantitative estimate of drug-likeness (QED) is 0.677. The molecule has 0 spiro atoms. The topological polar surface area (TPSA) is 0 Å². The van der Waals surface area contributed by atoms with Gasteiger partial charge in [0.15, 0.2) is 0 Å². The third-order valence-electron chi connectivity index (χ3n) is 4.28. The molecule has 0 radical (unpaired) electrons. The fourth-order valence-electron chi connectivity index (χ4n) is 3.23. The third kappa shape index (κ3) is 3.26. The average molecular weight is 250 g/mol. The van der Waals surface area contributed by atoms with Crippen LogP contribution < -0.4 is 0 Å². The minimum absolute atomic E-state index is 0.916. The van der Waals surface area contributed by atoms with Crippen molar-refractivity contribution >= 4 is 0 Å². The van der Waals surface area contributed by atoms with Crippen molar-refractivity contribution in [2.75, 3.05) is 0 Å². The largest absolute Gasteiger partial charge is 0.0622 e. The standard InChI is InChI=1S/C19H22/c1-3-8-16(9-4-1)14-17-10-7-13-19(15-17)18-11-5-2-6-12-18/h2,5-7,10-13,15-16H,1,3-4,8-9,14H2. The van der Waals surface area contributed by atoms with Crippen molar-refractivity contribution in [2.45, 2.75) is 38.5 Å². The van der Waals surface area contributed by atoms with Crippen LogP contribution in [0, 0.1) is 5.92 Å². The number of hydrogen-bond acceptors (Lipinski definition) is 0. The van der Waals surface area contributed by atoms with Crippen molar-refractivity contribution < 1.29 is 0 Å². The van der Waals surface area contributed by atoms with Gasteiger partial charge in [-0.05, 0) is 29.0 Å². The summed E-state index contributed by atoms with van der Waals surface area (Å²) in [4.78, 5) is 0. The predicted molar refractivity (Wildman–Crippen MR) is 82.2 cm³/mol. The molecule has 0 bridgehead atoms. The van der Waals surface area contributed by atoms with Crippen molar-refractivity contribution in [3.63, 3.8) is 0 Å². The van der Waals surface area contributed by atoms with Crippen molar-refractivity contribution in [1.29, 1.82) is 0 Å². The summed E-state index contributed by atoms with van der Waals surface area (Å²) in [6.45, 7) is 0. The molecule has 0 heteroatoms. The highest BCUT2D eigenvalue weighted by molar-refractivity contribution is 5.63. The van der Waals surface area contributed by atoms with Crippen LogP contribution in [-0.4, -0.2) is 0 Å². The second-order valence-corrected chi connectivity index (χ2v) is 5.77. The zero-order chi connectivity index (χ0) is 12.9. The summed E-state index contributed by atoms with van der Waals surface area (Å²) in [5.74, 6) is 0.916. The van der Waals surface area contributed by atoms with E-state index in [1.165, 1.54) is 55.2 Å². The van der Waals surface area contributed by atoms with E-state index in [-0.39, 0.29) is 0 Å². The number of rotatable bonds is 3. The molecule has 0 saturated heterocycles. The van der Waals surface area contributed by atoms with E-state index in [0.717, 1.165) is 5.92 Å². The van der Waals surface area contributed by atoms with E-state index in [9.17, 15) is 0 Å². The van der Waals surface area contributed by atoms with E-state index < -0.39 is 0 Å². The first-order valence-corrected chi connectivity index (χ1v) is 7.56. The monoisotopic (exact) mass is 250 g/mol. The van der Waals surface area contributed by atoms with Crippen molar-refractivity contribution in [3.05, 3.63) is 60.2 Å². The summed E-state index contributed by atoms with van der Waals surface area (Å²) < 4.78 is 0. The van der Waals surface area contributed by atoms with Gasteiger partial charge in [0, 0.05) is 0 Å². The smallest absolute Gasteiger partial charge is 0.0181 e. The highest BCUT2D eigenvalue weighted by Gasteiger charge is 2.13. The van der Waals surface area contributed by atoms with Gasteiger partial charge >= 0.3 is 0 Å². The van der Waals surface area contributed by atoms with Crippen LogP contribution in [0.15, 0.2) is 54.6 Å². The molecule has 2 aromatic rings. The molecule has 1 saturated carbocycles. The van der Waals surface area contributed by atoms with Gasteiger partial charge in [-0.2, -0.15) is 0 Å². The molecule has 1 aliphatic rings. The van der Waals surface area contributed by atoms with E-state index in [2.05, 4.69) is 54.6 Å². The Morgan fingerprint density at radius 2 is 1.47 bits per heavy atom. The Balaban J connectivity index is 1.76. The molecule has 0 heterocycles. The molecule has 3 rings (SSSR count). The number of hydrogen-bond donors (Lipinski definition) is 0. The van der Waals surface area contributed by atoms with Gasteiger partial charge in [-0.15, -0.1) is 0 Å². The first-order chi connectivity index (χ1) is 9.42. The van der Waals surface area contributed by atoms with Gasteiger partial charge in [0.1, 0.15) is 0 Å². The van der Waals surface area contributed by atoms with Crippen LogP contribution >= 0.6 is 0 Å². The van der Waals surface area contributed by atoms with Crippen molar-refractivity contribution in [2.24, 2.45) is 5.92 Å². The highest BCUT2D eigenvalue weighted by Crippen LogP contribution is 2.28. The maximum Gasteiger partial charge on any atom is -0.0181 e. The molecule has 0 aromatic heterocycles. The van der Waals surface area contributed by atoms with Crippen LogP contribution in [0.4, 0.5) is 0 Å². The molecule has 19 heavy (non-hydrogen) atoms. The zero-order valence-corrected chi connectivity index (χ0v) is 11.5. The minimum Gasteiger partial charge on any atom is -0.0622 e. The molecule has 0 unspecified atom stereocenters. The summed E-state index contributed by atoms with van der Waals surface area (Å²) in [6, 6.07) is 19.8. The normalized spacial score (nSPS) is 16.4. The second-order valence-electron chi connectivity index (χ2n) is 5.77. The van der Waals surface area contributed by atoms with E-state index in [1.54, 1.807) is 0 Å². The van der Waals surface area contributed by atoms with Crippen LogP contribution in [0.2, 0.25) is 0 Å². The lowest BCUT2D eigenvalue weighted by Crippen LogP contribution is -2.09. The molecule has 0 nitrogen and oxygen atoms in total. The zero-order valence-electron chi connectivity index (χ0n) is 11.5. The molecule has 2 aromatic carbocycles. The summed E-state index contributed by atoms with van der Waals surface area (Å²) >= 11 is 0. The fourth-order valence-corrected chi connectivity index (χ4v) is 3.23. The van der Waals surface area contributed by atoms with Gasteiger partial charge in [-0.3, -0.25) is 0 Å². The fraction of sp³-hybridized carbons (Fsp3) is 0.368. The molecule has 1 fully saturated rings. The molecule has 0 aliphatic heterocycles. The van der Waals surface area contributed by atoms with Gasteiger partial charge in [0.05, 0.1) is 0 Å². The van der Waals surface area contributed by atoms with Crippen molar-refractivity contribution in [3.8, 4) is 11.1 Å². The molecular formula is C19H22.